The standard InChI is InChI=1S/C19H17ClN6O3/c1-12-2-6-14(7-3-12)19(27)25-24-18-16(26(28)29)17(22-11-23-18)21-10-13-4-8-15(20)9-5-13/h2-9,11H,10H2,1H3,(H,25,27)(H2,21,22,23,24). The van der Waals surface area contributed by atoms with Crippen molar-refractivity contribution in [2.45, 2.75) is 13.5 Å². The predicted octanol–water partition coefficient (Wildman–Crippen LogP) is 3.72. The van der Waals surface area contributed by atoms with Crippen molar-refractivity contribution in [3.05, 3.63) is 86.7 Å². The minimum absolute atomic E-state index is 0.0204. The van der Waals surface area contributed by atoms with Gasteiger partial charge >= 0.3 is 5.69 Å². The molecule has 0 unspecified atom stereocenters. The Bertz CT molecular complexity index is 1030. The van der Waals surface area contributed by atoms with E-state index in [1.807, 2.05) is 6.92 Å². The van der Waals surface area contributed by atoms with Crippen LogP contribution >= 0.6 is 11.6 Å². The third-order valence-electron chi connectivity index (χ3n) is 3.99. The van der Waals surface area contributed by atoms with Gasteiger partial charge in [-0.2, -0.15) is 0 Å². The van der Waals surface area contributed by atoms with Crippen molar-refractivity contribution in [2.75, 3.05) is 10.7 Å². The van der Waals surface area contributed by atoms with Crippen LogP contribution in [0.15, 0.2) is 54.9 Å². The summed E-state index contributed by atoms with van der Waals surface area (Å²) in [6.07, 6.45) is 1.16. The molecule has 3 rings (SSSR count). The van der Waals surface area contributed by atoms with Gasteiger partial charge in [-0.25, -0.2) is 9.97 Å². The quantitative estimate of drug-likeness (QED) is 0.399. The molecule has 3 N–H and O–H groups in total. The molecule has 0 spiro atoms. The van der Waals surface area contributed by atoms with Gasteiger partial charge in [0, 0.05) is 17.1 Å². The van der Waals surface area contributed by atoms with Gasteiger partial charge in [0.1, 0.15) is 6.33 Å². The molecule has 0 aliphatic rings. The number of halogens is 1. The Morgan fingerprint density at radius 2 is 1.72 bits per heavy atom. The highest BCUT2D eigenvalue weighted by atomic mass is 35.5. The van der Waals surface area contributed by atoms with Crippen molar-refractivity contribution in [3.8, 4) is 0 Å². The van der Waals surface area contributed by atoms with Gasteiger partial charge in [-0.15, -0.1) is 0 Å². The number of carbonyl (C=O) groups excluding carboxylic acids is 1. The van der Waals surface area contributed by atoms with Crippen molar-refractivity contribution < 1.29 is 9.72 Å². The third kappa shape index (κ3) is 5.17. The fraction of sp³-hybridized carbons (Fsp3) is 0.105. The van der Waals surface area contributed by atoms with E-state index in [4.69, 9.17) is 11.6 Å². The molecule has 0 saturated carbocycles. The lowest BCUT2D eigenvalue weighted by molar-refractivity contribution is -0.383. The average Bonchev–Trinajstić information content (AvgIpc) is 2.72. The zero-order valence-corrected chi connectivity index (χ0v) is 16.1. The van der Waals surface area contributed by atoms with Crippen LogP contribution in [0.4, 0.5) is 17.3 Å². The Hall–Kier alpha value is -3.72. The number of benzene rings is 2. The minimum atomic E-state index is -0.620. The maximum atomic E-state index is 12.2. The first-order chi connectivity index (χ1) is 13.9. The first-order valence-electron chi connectivity index (χ1n) is 8.55. The summed E-state index contributed by atoms with van der Waals surface area (Å²) in [5, 5.41) is 15.1. The number of aromatic nitrogens is 2. The van der Waals surface area contributed by atoms with E-state index in [1.54, 1.807) is 48.5 Å². The molecule has 1 amide bonds. The number of amides is 1. The van der Waals surface area contributed by atoms with E-state index in [9.17, 15) is 14.9 Å². The number of hydrogen-bond acceptors (Lipinski definition) is 7. The van der Waals surface area contributed by atoms with Crippen LogP contribution in [0.5, 0.6) is 0 Å². The topological polar surface area (TPSA) is 122 Å². The van der Waals surface area contributed by atoms with E-state index in [-0.39, 0.29) is 17.3 Å². The van der Waals surface area contributed by atoms with Gasteiger partial charge in [-0.1, -0.05) is 41.4 Å². The molecule has 0 radical (unpaired) electrons. The van der Waals surface area contributed by atoms with Gasteiger partial charge in [-0.3, -0.25) is 25.8 Å². The smallest absolute Gasteiger partial charge is 0.354 e. The van der Waals surface area contributed by atoms with Crippen molar-refractivity contribution >= 4 is 34.8 Å². The lowest BCUT2D eigenvalue weighted by Crippen LogP contribution is -2.30. The van der Waals surface area contributed by atoms with Crippen LogP contribution in [0.2, 0.25) is 5.02 Å². The molecule has 0 saturated heterocycles. The van der Waals surface area contributed by atoms with Gasteiger partial charge in [0.2, 0.25) is 11.6 Å². The summed E-state index contributed by atoms with van der Waals surface area (Å²) in [5.41, 5.74) is 6.81. The van der Waals surface area contributed by atoms with Gasteiger partial charge in [0.25, 0.3) is 5.91 Å². The van der Waals surface area contributed by atoms with Crippen LogP contribution in [0, 0.1) is 17.0 Å². The third-order valence-corrected chi connectivity index (χ3v) is 4.24. The summed E-state index contributed by atoms with van der Waals surface area (Å²) in [4.78, 5) is 31.0. The first-order valence-corrected chi connectivity index (χ1v) is 8.92. The number of hydrazine groups is 1. The Labute approximate surface area is 171 Å². The normalized spacial score (nSPS) is 10.3. The van der Waals surface area contributed by atoms with Crippen molar-refractivity contribution in [1.29, 1.82) is 0 Å². The number of carbonyl (C=O) groups is 1. The number of rotatable bonds is 7. The Morgan fingerprint density at radius 3 is 2.38 bits per heavy atom. The van der Waals surface area contributed by atoms with Crippen molar-refractivity contribution in [1.82, 2.24) is 15.4 Å². The molecule has 10 heteroatoms. The van der Waals surface area contributed by atoms with Crippen molar-refractivity contribution in [3.63, 3.8) is 0 Å². The molecule has 3 aromatic rings. The zero-order valence-electron chi connectivity index (χ0n) is 15.3. The van der Waals surface area contributed by atoms with E-state index >= 15 is 0 Å². The molecule has 0 atom stereocenters. The molecular formula is C19H17ClN6O3. The van der Waals surface area contributed by atoms with Crippen LogP contribution in [-0.2, 0) is 6.54 Å². The number of anilines is 2. The van der Waals surface area contributed by atoms with Gasteiger partial charge in [0.05, 0.1) is 4.92 Å². The van der Waals surface area contributed by atoms with Crippen LogP contribution in [0.3, 0.4) is 0 Å². The summed E-state index contributed by atoms with van der Waals surface area (Å²) >= 11 is 5.86. The van der Waals surface area contributed by atoms with E-state index < -0.39 is 10.8 Å². The van der Waals surface area contributed by atoms with Gasteiger partial charge in [-0.05, 0) is 36.8 Å². The SMILES string of the molecule is Cc1ccc(C(=O)NNc2ncnc(NCc3ccc(Cl)cc3)c2[N+](=O)[O-])cc1. The van der Waals surface area contributed by atoms with Gasteiger partial charge < -0.3 is 5.32 Å². The molecule has 1 aromatic heterocycles. The molecular weight excluding hydrogens is 396 g/mol. The van der Waals surface area contributed by atoms with Crippen LogP contribution in [0.25, 0.3) is 0 Å². The molecule has 0 aliphatic carbocycles. The predicted molar refractivity (Wildman–Crippen MR) is 110 cm³/mol. The lowest BCUT2D eigenvalue weighted by Gasteiger charge is -2.11. The molecule has 0 fully saturated rings. The highest BCUT2D eigenvalue weighted by Crippen LogP contribution is 2.28. The highest BCUT2D eigenvalue weighted by Gasteiger charge is 2.23. The van der Waals surface area contributed by atoms with Gasteiger partial charge in [0.15, 0.2) is 0 Å². The molecule has 0 bridgehead atoms. The number of nitrogens with one attached hydrogen (secondary N) is 3. The minimum Gasteiger partial charge on any atom is -0.360 e. The first kappa shape index (κ1) is 20.0. The maximum absolute atomic E-state index is 12.2. The largest absolute Gasteiger partial charge is 0.360 e. The molecule has 0 aliphatic heterocycles. The second-order valence-electron chi connectivity index (χ2n) is 6.10. The lowest BCUT2D eigenvalue weighted by atomic mass is 10.1. The van der Waals surface area contributed by atoms with E-state index in [0.717, 1.165) is 17.5 Å². The summed E-state index contributed by atoms with van der Waals surface area (Å²) in [7, 11) is 0. The van der Waals surface area contributed by atoms with Crippen LogP contribution < -0.4 is 16.2 Å². The Kier molecular flexibility index (Phi) is 6.20. The summed E-state index contributed by atoms with van der Waals surface area (Å²) in [6.45, 7) is 2.20. The molecule has 2 aromatic carbocycles. The van der Waals surface area contributed by atoms with E-state index in [2.05, 4.69) is 26.1 Å². The Morgan fingerprint density at radius 1 is 1.07 bits per heavy atom. The van der Waals surface area contributed by atoms with Crippen LogP contribution in [0.1, 0.15) is 21.5 Å². The fourth-order valence-corrected chi connectivity index (χ4v) is 2.58. The zero-order chi connectivity index (χ0) is 20.8. The summed E-state index contributed by atoms with van der Waals surface area (Å²) in [6, 6.07) is 13.9. The number of hydrogen-bond donors (Lipinski definition) is 3. The van der Waals surface area contributed by atoms with Crippen LogP contribution in [-0.4, -0.2) is 20.8 Å². The number of aryl methyl sites for hydroxylation is 1. The molecule has 29 heavy (non-hydrogen) atoms. The Balaban J connectivity index is 1.73. The van der Waals surface area contributed by atoms with E-state index in [0.29, 0.717) is 17.1 Å². The summed E-state index contributed by atoms with van der Waals surface area (Å²) in [5.74, 6) is -0.565. The highest BCUT2D eigenvalue weighted by molar-refractivity contribution is 6.30. The monoisotopic (exact) mass is 412 g/mol. The number of nitrogens with zero attached hydrogens (tertiary/aromatic N) is 3. The number of nitro groups is 1. The second kappa shape index (κ2) is 8.98. The second-order valence-corrected chi connectivity index (χ2v) is 6.54. The summed E-state index contributed by atoms with van der Waals surface area (Å²) < 4.78 is 0. The molecule has 9 nitrogen and oxygen atoms in total. The maximum Gasteiger partial charge on any atom is 0.354 e. The van der Waals surface area contributed by atoms with Crippen molar-refractivity contribution in [2.24, 2.45) is 0 Å². The fourth-order valence-electron chi connectivity index (χ4n) is 2.45. The molecule has 148 valence electrons. The molecule has 1 heterocycles. The van der Waals surface area contributed by atoms with E-state index in [1.165, 1.54) is 0 Å². The average molecular weight is 413 g/mol.